The summed E-state index contributed by atoms with van der Waals surface area (Å²) in [6.45, 7) is 0. The first-order valence-electron chi connectivity index (χ1n) is 4.07. The summed E-state index contributed by atoms with van der Waals surface area (Å²) in [6, 6.07) is 0.103. The Bertz CT molecular complexity index is 185. The van der Waals surface area contributed by atoms with E-state index < -0.39 is 7.82 Å². The molecule has 0 saturated heterocycles. The monoisotopic (exact) mass is 219 g/mol. The largest absolute Gasteiger partial charge is 1.00 e. The normalized spacial score (nSPS) is 19.5. The molecule has 1 fully saturated rings. The van der Waals surface area contributed by atoms with E-state index in [2.05, 4.69) is 10.1 Å². The van der Waals surface area contributed by atoms with Crippen molar-refractivity contribution < 1.29 is 50.0 Å². The number of rotatable bonds is 3. The third-order valence-corrected chi connectivity index (χ3v) is 2.29. The Morgan fingerprint density at radius 2 is 1.85 bits per heavy atom. The second-order valence-corrected chi connectivity index (χ2v) is 4.20. The van der Waals surface area contributed by atoms with Crippen LogP contribution in [0.2, 0.25) is 0 Å². The third kappa shape index (κ3) is 7.05. The van der Waals surface area contributed by atoms with Gasteiger partial charge in [0.2, 0.25) is 0 Å². The second-order valence-electron chi connectivity index (χ2n) is 3.03. The molecule has 1 rings (SSSR count). The number of phosphoric acid groups is 1. The van der Waals surface area contributed by atoms with Gasteiger partial charge in [-0.1, -0.05) is 19.3 Å². The summed E-state index contributed by atoms with van der Waals surface area (Å²) < 4.78 is 14.5. The molecule has 0 atom stereocenters. The van der Waals surface area contributed by atoms with Crippen LogP contribution in [0.15, 0.2) is 0 Å². The van der Waals surface area contributed by atoms with Gasteiger partial charge in [-0.2, -0.15) is 10.1 Å². The Balaban J connectivity index is 0. The molecule has 0 aromatic rings. The van der Waals surface area contributed by atoms with Crippen LogP contribution in [0.3, 0.4) is 0 Å². The molecule has 1 aliphatic carbocycles. The van der Waals surface area contributed by atoms with Gasteiger partial charge < -0.3 is 11.2 Å². The summed E-state index contributed by atoms with van der Waals surface area (Å²) in [4.78, 5) is 16.7. The molecule has 13 heavy (non-hydrogen) atoms. The van der Waals surface area contributed by atoms with E-state index in [0.717, 1.165) is 25.7 Å². The van der Waals surface area contributed by atoms with Gasteiger partial charge >= 0.3 is 37.4 Å². The van der Waals surface area contributed by atoms with Crippen LogP contribution in [0.4, 0.5) is 0 Å². The average Bonchev–Trinajstić information content (AvgIpc) is 2.02. The van der Waals surface area contributed by atoms with Crippen molar-refractivity contribution in [2.24, 2.45) is 0 Å². The first-order chi connectivity index (χ1) is 5.58. The Morgan fingerprint density at radius 1 is 1.31 bits per heavy atom. The van der Waals surface area contributed by atoms with Crippen LogP contribution in [0, 0.1) is 0 Å². The molecule has 0 heterocycles. The zero-order valence-corrected chi connectivity index (χ0v) is 10.7. The van der Waals surface area contributed by atoms with E-state index >= 15 is 0 Å². The molecule has 0 amide bonds. The Morgan fingerprint density at radius 3 is 2.31 bits per heavy atom. The van der Waals surface area contributed by atoms with Crippen molar-refractivity contribution in [1.29, 1.82) is 0 Å². The minimum absolute atomic E-state index is 0. The maximum atomic E-state index is 10.3. The summed E-state index contributed by atoms with van der Waals surface area (Å²) in [7, 11) is -4.34. The van der Waals surface area contributed by atoms with E-state index in [4.69, 9.17) is 9.79 Å². The minimum atomic E-state index is -4.34. The van der Waals surface area contributed by atoms with Gasteiger partial charge in [0.1, 0.15) is 0 Å². The van der Waals surface area contributed by atoms with Crippen molar-refractivity contribution in [2.75, 3.05) is 0 Å². The van der Waals surface area contributed by atoms with Gasteiger partial charge in [0, 0.05) is 6.04 Å². The summed E-state index contributed by atoms with van der Waals surface area (Å²) in [5, 5.41) is 0. The molecule has 0 aromatic carbocycles. The molecule has 1 aliphatic rings. The molecule has 3 N–H and O–H groups in total. The van der Waals surface area contributed by atoms with Crippen LogP contribution in [-0.2, 0) is 9.19 Å². The smallest absolute Gasteiger partial charge is 1.00 e. The molecule has 7 heteroatoms. The van der Waals surface area contributed by atoms with E-state index in [1.807, 2.05) is 0 Å². The molecule has 5 nitrogen and oxygen atoms in total. The molecule has 0 spiro atoms. The Hall–Kier alpha value is 1.07. The molecular formula is C6H15NNaO4P. The fourth-order valence-corrected chi connectivity index (χ4v) is 1.65. The van der Waals surface area contributed by atoms with Gasteiger partial charge in [0.05, 0.1) is 0 Å². The van der Waals surface area contributed by atoms with Gasteiger partial charge in [-0.25, -0.2) is 4.57 Å². The standard InChI is InChI=1S/C6H14NO4P.Na.H/c8-12(9,10)11-7-6-4-2-1-3-5-6;;/h6-7H,1-5H2,(H2,8,9,10);;/q;+1;-1. The maximum Gasteiger partial charge on any atom is 1.00 e. The number of hydrogen-bond acceptors (Lipinski definition) is 3. The predicted octanol–water partition coefficient (Wildman–Crippen LogP) is -1.95. The van der Waals surface area contributed by atoms with E-state index in [-0.39, 0.29) is 37.0 Å². The molecular weight excluding hydrogens is 204 g/mol. The average molecular weight is 219 g/mol. The van der Waals surface area contributed by atoms with Gasteiger partial charge in [0.15, 0.2) is 0 Å². The van der Waals surface area contributed by atoms with E-state index in [9.17, 15) is 4.57 Å². The topological polar surface area (TPSA) is 78.8 Å². The van der Waals surface area contributed by atoms with Crippen molar-refractivity contribution in [3.63, 3.8) is 0 Å². The van der Waals surface area contributed by atoms with Crippen molar-refractivity contribution >= 4 is 7.82 Å². The van der Waals surface area contributed by atoms with Gasteiger partial charge in [-0.3, -0.25) is 0 Å². The number of hydrogen-bond donors (Lipinski definition) is 3. The van der Waals surface area contributed by atoms with E-state index in [1.165, 1.54) is 6.42 Å². The van der Waals surface area contributed by atoms with E-state index in [0.29, 0.717) is 0 Å². The van der Waals surface area contributed by atoms with Crippen molar-refractivity contribution in [3.8, 4) is 0 Å². The van der Waals surface area contributed by atoms with Crippen molar-refractivity contribution in [3.05, 3.63) is 0 Å². The molecule has 0 aliphatic heterocycles. The Kier molecular flexibility index (Phi) is 7.07. The molecule has 0 unspecified atom stereocenters. The van der Waals surface area contributed by atoms with Crippen LogP contribution >= 0.6 is 7.82 Å². The summed E-state index contributed by atoms with van der Waals surface area (Å²) in [6.07, 6.45) is 5.26. The van der Waals surface area contributed by atoms with Gasteiger partial charge in [-0.05, 0) is 12.8 Å². The zero-order valence-electron chi connectivity index (χ0n) is 8.77. The maximum absolute atomic E-state index is 10.3. The molecule has 0 radical (unpaired) electrons. The first-order valence-corrected chi connectivity index (χ1v) is 5.60. The SMILES string of the molecule is O=P(O)(O)ONC1CCCCC1.[H-].[Na+]. The fourth-order valence-electron chi connectivity index (χ4n) is 1.36. The van der Waals surface area contributed by atoms with Crippen LogP contribution in [0.25, 0.3) is 0 Å². The molecule has 0 aromatic heterocycles. The fraction of sp³-hybridized carbons (Fsp3) is 1.00. The number of hydroxylamine groups is 1. The summed E-state index contributed by atoms with van der Waals surface area (Å²) in [5.74, 6) is 0. The second kappa shape index (κ2) is 6.53. The number of nitrogens with one attached hydrogen (secondary N) is 1. The Labute approximate surface area is 101 Å². The zero-order chi connectivity index (χ0) is 9.03. The summed E-state index contributed by atoms with van der Waals surface area (Å²) in [5.41, 5.74) is 2.40. The van der Waals surface area contributed by atoms with Crippen LogP contribution < -0.4 is 35.0 Å². The van der Waals surface area contributed by atoms with E-state index in [1.54, 1.807) is 0 Å². The minimum Gasteiger partial charge on any atom is -1.00 e. The quantitative estimate of drug-likeness (QED) is 0.292. The van der Waals surface area contributed by atoms with Crippen molar-refractivity contribution in [2.45, 2.75) is 38.1 Å². The van der Waals surface area contributed by atoms with Crippen LogP contribution in [0.1, 0.15) is 33.5 Å². The van der Waals surface area contributed by atoms with Crippen LogP contribution in [0.5, 0.6) is 0 Å². The first kappa shape index (κ1) is 14.1. The molecule has 0 bridgehead atoms. The summed E-state index contributed by atoms with van der Waals surface area (Å²) >= 11 is 0. The van der Waals surface area contributed by atoms with Gasteiger partial charge in [0.25, 0.3) is 0 Å². The van der Waals surface area contributed by atoms with Crippen LogP contribution in [-0.4, -0.2) is 15.8 Å². The third-order valence-electron chi connectivity index (χ3n) is 1.94. The molecule has 74 valence electrons. The molecule has 1 saturated carbocycles. The van der Waals surface area contributed by atoms with Crippen molar-refractivity contribution in [1.82, 2.24) is 5.48 Å². The predicted molar refractivity (Wildman–Crippen MR) is 44.2 cm³/mol. The van der Waals surface area contributed by atoms with Gasteiger partial charge in [-0.15, -0.1) is 0 Å².